The quantitative estimate of drug-likeness (QED) is 0.663. The van der Waals surface area contributed by atoms with Gasteiger partial charge in [-0.15, -0.1) is 5.73 Å². The molecular formula is C19H25NO4. The highest BCUT2D eigenvalue weighted by Gasteiger charge is 2.40. The van der Waals surface area contributed by atoms with Crippen LogP contribution in [-0.4, -0.2) is 30.3 Å². The van der Waals surface area contributed by atoms with Crippen LogP contribution in [0.15, 0.2) is 48.2 Å². The summed E-state index contributed by atoms with van der Waals surface area (Å²) in [6, 6.07) is 9.36. The molecule has 0 aliphatic carbocycles. The maximum absolute atomic E-state index is 12.5. The minimum atomic E-state index is -1.40. The van der Waals surface area contributed by atoms with Gasteiger partial charge in [0.15, 0.2) is 5.54 Å². The molecule has 1 amide bonds. The summed E-state index contributed by atoms with van der Waals surface area (Å²) >= 11 is 0. The Labute approximate surface area is 143 Å². The molecule has 0 saturated carbocycles. The van der Waals surface area contributed by atoms with Crippen molar-refractivity contribution >= 4 is 12.1 Å². The smallest absolute Gasteiger partial charge is 0.408 e. The molecule has 0 bridgehead atoms. The maximum atomic E-state index is 12.5. The lowest BCUT2D eigenvalue weighted by atomic mass is 9.90. The molecule has 1 atom stereocenters. The summed E-state index contributed by atoms with van der Waals surface area (Å²) < 4.78 is 10.2. The first-order valence-corrected chi connectivity index (χ1v) is 7.74. The second-order valence-corrected chi connectivity index (χ2v) is 6.35. The Morgan fingerprint density at radius 1 is 1.21 bits per heavy atom. The molecule has 0 spiro atoms. The molecule has 1 N–H and O–H groups in total. The number of nitrogens with one attached hydrogen (secondary N) is 1. The molecule has 0 aliphatic heterocycles. The van der Waals surface area contributed by atoms with Crippen molar-refractivity contribution in [2.75, 3.05) is 7.11 Å². The fourth-order valence-corrected chi connectivity index (χ4v) is 2.12. The summed E-state index contributed by atoms with van der Waals surface area (Å²) in [7, 11) is 1.28. The number of esters is 1. The first-order chi connectivity index (χ1) is 11.2. The molecule has 0 fully saturated rings. The standard InChI is InChI=1S/C19H25NO4/c1-6-7-13-19(16(21)23-5,14-15-11-9-8-10-12-15)20-17(22)24-18(2,3)4/h6,8-13H,14H2,1-5H3,(H,20,22). The van der Waals surface area contributed by atoms with Gasteiger partial charge in [0.25, 0.3) is 0 Å². The molecule has 0 aliphatic rings. The molecular weight excluding hydrogens is 306 g/mol. The number of hydrogen-bond donors (Lipinski definition) is 1. The Bertz CT molecular complexity index is 621. The van der Waals surface area contributed by atoms with Crippen LogP contribution in [0.2, 0.25) is 0 Å². The first kappa shape index (κ1) is 19.5. The van der Waals surface area contributed by atoms with Gasteiger partial charge in [-0.2, -0.15) is 0 Å². The van der Waals surface area contributed by atoms with Crippen LogP contribution in [0, 0.1) is 0 Å². The van der Waals surface area contributed by atoms with Crippen molar-refractivity contribution in [1.82, 2.24) is 5.32 Å². The third kappa shape index (κ3) is 5.94. The number of carbonyl (C=O) groups excluding carboxylic acids is 2. The molecule has 1 rings (SSSR count). The Morgan fingerprint density at radius 2 is 1.83 bits per heavy atom. The molecule has 1 unspecified atom stereocenters. The number of carbonyl (C=O) groups is 2. The van der Waals surface area contributed by atoms with E-state index in [1.54, 1.807) is 33.8 Å². The van der Waals surface area contributed by atoms with Gasteiger partial charge in [0, 0.05) is 6.42 Å². The van der Waals surface area contributed by atoms with Crippen molar-refractivity contribution < 1.29 is 19.1 Å². The minimum absolute atomic E-state index is 0.223. The average Bonchev–Trinajstić information content (AvgIpc) is 2.50. The van der Waals surface area contributed by atoms with Gasteiger partial charge in [0.2, 0.25) is 0 Å². The van der Waals surface area contributed by atoms with Gasteiger partial charge < -0.3 is 14.8 Å². The number of rotatable bonds is 5. The van der Waals surface area contributed by atoms with Crippen molar-refractivity contribution in [2.45, 2.75) is 45.3 Å². The summed E-state index contributed by atoms with van der Waals surface area (Å²) in [6.07, 6.45) is 2.67. The van der Waals surface area contributed by atoms with Crippen LogP contribution < -0.4 is 5.32 Å². The zero-order chi connectivity index (χ0) is 18.2. The van der Waals surface area contributed by atoms with Crippen molar-refractivity contribution in [3.05, 3.63) is 53.8 Å². The second kappa shape index (κ2) is 8.37. The molecule has 0 saturated heterocycles. The van der Waals surface area contributed by atoms with Crippen molar-refractivity contribution in [1.29, 1.82) is 0 Å². The van der Waals surface area contributed by atoms with Gasteiger partial charge in [-0.3, -0.25) is 0 Å². The largest absolute Gasteiger partial charge is 0.467 e. The Balaban J connectivity index is 3.23. The van der Waals surface area contributed by atoms with E-state index in [-0.39, 0.29) is 6.42 Å². The lowest BCUT2D eigenvalue weighted by Gasteiger charge is -2.30. The van der Waals surface area contributed by atoms with E-state index in [1.165, 1.54) is 13.2 Å². The van der Waals surface area contributed by atoms with E-state index < -0.39 is 23.2 Å². The Kier molecular flexibility index (Phi) is 6.81. The third-order valence-corrected chi connectivity index (χ3v) is 3.10. The first-order valence-electron chi connectivity index (χ1n) is 7.74. The fraction of sp³-hybridized carbons (Fsp3) is 0.421. The highest BCUT2D eigenvalue weighted by Crippen LogP contribution is 2.19. The lowest BCUT2D eigenvalue weighted by molar-refractivity contribution is -0.146. The van der Waals surface area contributed by atoms with Gasteiger partial charge in [0.1, 0.15) is 5.60 Å². The summed E-state index contributed by atoms with van der Waals surface area (Å²) in [5.74, 6) is -0.591. The second-order valence-electron chi connectivity index (χ2n) is 6.35. The summed E-state index contributed by atoms with van der Waals surface area (Å²) in [4.78, 5) is 24.7. The number of alkyl carbamates (subject to hydrolysis) is 1. The van der Waals surface area contributed by atoms with Gasteiger partial charge in [-0.25, -0.2) is 9.59 Å². The zero-order valence-electron chi connectivity index (χ0n) is 14.9. The van der Waals surface area contributed by atoms with Crippen LogP contribution in [-0.2, 0) is 20.7 Å². The Morgan fingerprint density at radius 3 is 2.33 bits per heavy atom. The van der Waals surface area contributed by atoms with Gasteiger partial charge >= 0.3 is 12.1 Å². The lowest BCUT2D eigenvalue weighted by Crippen LogP contribution is -2.56. The number of benzene rings is 1. The summed E-state index contributed by atoms with van der Waals surface area (Å²) in [5, 5.41) is 2.65. The van der Waals surface area contributed by atoms with E-state index in [9.17, 15) is 9.59 Å². The number of hydrogen-bond acceptors (Lipinski definition) is 4. The molecule has 130 valence electrons. The van der Waals surface area contributed by atoms with Crippen LogP contribution in [0.25, 0.3) is 0 Å². The van der Waals surface area contributed by atoms with E-state index in [1.807, 2.05) is 30.3 Å². The van der Waals surface area contributed by atoms with Crippen LogP contribution in [0.5, 0.6) is 0 Å². The number of methoxy groups -OCH3 is 1. The molecule has 1 aromatic rings. The summed E-state index contributed by atoms with van der Waals surface area (Å²) in [5.41, 5.74) is 1.66. The molecule has 0 radical (unpaired) electrons. The van der Waals surface area contributed by atoms with E-state index in [0.717, 1.165) is 5.56 Å². The van der Waals surface area contributed by atoms with Crippen LogP contribution in [0.3, 0.4) is 0 Å². The fourth-order valence-electron chi connectivity index (χ4n) is 2.12. The van der Waals surface area contributed by atoms with Crippen molar-refractivity contribution in [3.63, 3.8) is 0 Å². The highest BCUT2D eigenvalue weighted by molar-refractivity contribution is 5.88. The predicted octanol–water partition coefficient (Wildman–Crippen LogP) is 3.40. The molecule has 5 nitrogen and oxygen atoms in total. The van der Waals surface area contributed by atoms with Gasteiger partial charge in [-0.1, -0.05) is 30.3 Å². The van der Waals surface area contributed by atoms with Crippen molar-refractivity contribution in [3.8, 4) is 0 Å². The van der Waals surface area contributed by atoms with Crippen LogP contribution >= 0.6 is 0 Å². The van der Waals surface area contributed by atoms with Crippen LogP contribution in [0.4, 0.5) is 4.79 Å². The summed E-state index contributed by atoms with van der Waals surface area (Å²) in [6.45, 7) is 7.04. The normalized spacial score (nSPS) is 13.0. The van der Waals surface area contributed by atoms with E-state index in [4.69, 9.17) is 9.47 Å². The monoisotopic (exact) mass is 331 g/mol. The van der Waals surface area contributed by atoms with Crippen molar-refractivity contribution in [2.24, 2.45) is 0 Å². The predicted molar refractivity (Wildman–Crippen MR) is 92.6 cm³/mol. The molecule has 5 heteroatoms. The van der Waals surface area contributed by atoms with E-state index in [0.29, 0.717) is 0 Å². The maximum Gasteiger partial charge on any atom is 0.408 e. The van der Waals surface area contributed by atoms with E-state index >= 15 is 0 Å². The Hall–Kier alpha value is -2.52. The van der Waals surface area contributed by atoms with Gasteiger partial charge in [-0.05, 0) is 45.4 Å². The highest BCUT2D eigenvalue weighted by atomic mass is 16.6. The number of ether oxygens (including phenoxy) is 2. The molecule has 0 heterocycles. The van der Waals surface area contributed by atoms with E-state index in [2.05, 4.69) is 11.0 Å². The molecule has 24 heavy (non-hydrogen) atoms. The topological polar surface area (TPSA) is 64.6 Å². The average molecular weight is 331 g/mol. The van der Waals surface area contributed by atoms with Crippen LogP contribution in [0.1, 0.15) is 33.3 Å². The minimum Gasteiger partial charge on any atom is -0.467 e. The zero-order valence-corrected chi connectivity index (χ0v) is 14.9. The molecule has 1 aromatic carbocycles. The SMILES string of the molecule is CC=C=CC(Cc1ccccc1)(NC(=O)OC(C)(C)C)C(=O)OC. The number of amides is 1. The molecule has 0 aromatic heterocycles. The van der Waals surface area contributed by atoms with Gasteiger partial charge in [0.05, 0.1) is 7.11 Å². The third-order valence-electron chi connectivity index (χ3n) is 3.10.